The Morgan fingerprint density at radius 2 is 1.97 bits per heavy atom. The Bertz CT molecular complexity index is 1380. The molecule has 0 unspecified atom stereocenters. The first-order valence-corrected chi connectivity index (χ1v) is 11.4. The van der Waals surface area contributed by atoms with Gasteiger partial charge >= 0.3 is 5.69 Å². The Morgan fingerprint density at radius 3 is 2.68 bits per heavy atom. The molecule has 11 nitrogen and oxygen atoms in total. The van der Waals surface area contributed by atoms with Gasteiger partial charge in [0.2, 0.25) is 5.91 Å². The van der Waals surface area contributed by atoms with Gasteiger partial charge in [-0.3, -0.25) is 19.1 Å². The largest absolute Gasteiger partial charge is 0.459 e. The van der Waals surface area contributed by atoms with Crippen LogP contribution in [0.2, 0.25) is 0 Å². The number of furan rings is 1. The highest BCUT2D eigenvalue weighted by Crippen LogP contribution is 2.25. The number of anilines is 2. The monoisotopic (exact) mass is 482 g/mol. The Balaban J connectivity index is 1.57. The van der Waals surface area contributed by atoms with Crippen molar-refractivity contribution in [3.63, 3.8) is 0 Å². The van der Waals surface area contributed by atoms with Crippen molar-refractivity contribution in [1.82, 2.24) is 19.7 Å². The minimum atomic E-state index is -0.725. The molecule has 0 aliphatic rings. The summed E-state index contributed by atoms with van der Waals surface area (Å²) in [7, 11) is 0. The van der Waals surface area contributed by atoms with Crippen molar-refractivity contribution in [2.75, 3.05) is 22.9 Å². The van der Waals surface area contributed by atoms with Crippen LogP contribution in [0.25, 0.3) is 11.7 Å². The van der Waals surface area contributed by atoms with E-state index in [1.54, 1.807) is 12.1 Å². The van der Waals surface area contributed by atoms with E-state index in [0.29, 0.717) is 12.2 Å². The molecule has 0 saturated heterocycles. The lowest BCUT2D eigenvalue weighted by atomic mass is 10.2. The summed E-state index contributed by atoms with van der Waals surface area (Å²) < 4.78 is 12.0. The molecular weight excluding hydrogens is 460 g/mol. The highest BCUT2D eigenvalue weighted by molar-refractivity contribution is 7.99. The second-order valence-corrected chi connectivity index (χ2v) is 8.18. The van der Waals surface area contributed by atoms with Gasteiger partial charge in [-0.15, -0.1) is 10.2 Å². The average molecular weight is 483 g/mol. The first kappa shape index (κ1) is 23.1. The van der Waals surface area contributed by atoms with E-state index in [2.05, 4.69) is 15.2 Å². The highest BCUT2D eigenvalue weighted by Gasteiger charge is 2.24. The molecule has 12 heteroatoms. The second-order valence-electron chi connectivity index (χ2n) is 7.25. The molecule has 0 saturated carbocycles. The van der Waals surface area contributed by atoms with Crippen molar-refractivity contribution in [2.45, 2.75) is 25.1 Å². The first-order chi connectivity index (χ1) is 16.5. The molecule has 4 aromatic rings. The summed E-state index contributed by atoms with van der Waals surface area (Å²) in [6, 6.07) is 12.6. The average Bonchev–Trinajstić information content (AvgIpc) is 3.52. The van der Waals surface area contributed by atoms with E-state index < -0.39 is 17.2 Å². The summed E-state index contributed by atoms with van der Waals surface area (Å²) in [4.78, 5) is 41.8. The van der Waals surface area contributed by atoms with Gasteiger partial charge in [-0.2, -0.15) is 0 Å². The number of nitrogen functional groups attached to an aromatic ring is 1. The van der Waals surface area contributed by atoms with E-state index in [1.165, 1.54) is 15.7 Å². The summed E-state index contributed by atoms with van der Waals surface area (Å²) >= 11 is 1.02. The molecule has 0 spiro atoms. The fourth-order valence-corrected chi connectivity index (χ4v) is 3.95. The quantitative estimate of drug-likeness (QED) is 0.342. The van der Waals surface area contributed by atoms with Crippen LogP contribution in [0.15, 0.2) is 72.4 Å². The summed E-state index contributed by atoms with van der Waals surface area (Å²) in [6.07, 6.45) is 2.05. The van der Waals surface area contributed by atoms with Crippen LogP contribution < -0.4 is 21.9 Å². The molecule has 0 aliphatic carbocycles. The van der Waals surface area contributed by atoms with Crippen molar-refractivity contribution in [3.8, 4) is 11.7 Å². The third-order valence-electron chi connectivity index (χ3n) is 4.87. The predicted octanol–water partition coefficient (Wildman–Crippen LogP) is 2.35. The Kier molecular flexibility index (Phi) is 6.97. The minimum Gasteiger partial charge on any atom is -0.459 e. The van der Waals surface area contributed by atoms with Crippen molar-refractivity contribution < 1.29 is 13.6 Å². The van der Waals surface area contributed by atoms with Gasteiger partial charge in [-0.05, 0) is 24.1 Å². The maximum Gasteiger partial charge on any atom is 0.330 e. The number of rotatable bonds is 9. The molecule has 4 rings (SSSR count). The zero-order valence-corrected chi connectivity index (χ0v) is 19.1. The first-order valence-electron chi connectivity index (χ1n) is 10.4. The van der Waals surface area contributed by atoms with Crippen molar-refractivity contribution >= 4 is 29.2 Å². The molecule has 1 aromatic carbocycles. The van der Waals surface area contributed by atoms with Crippen LogP contribution in [0.3, 0.4) is 0 Å². The van der Waals surface area contributed by atoms with Crippen LogP contribution in [0.4, 0.5) is 11.5 Å². The summed E-state index contributed by atoms with van der Waals surface area (Å²) in [6.45, 7) is 2.25. The number of carbonyl (C=O) groups is 1. The van der Waals surface area contributed by atoms with Crippen molar-refractivity contribution in [3.05, 3.63) is 75.1 Å². The number of nitrogens with zero attached hydrogens (tertiary/aromatic N) is 4. The normalized spacial score (nSPS) is 11.0. The standard InChI is InChI=1S/C22H22N6O5S/c1-2-10-27(16(29)13-34-22-26-25-20(33-22)15-9-6-11-32-15)17-18(23)28(21(31)24-19(17)30)12-14-7-4-3-5-8-14/h3-9,11H,2,10,12-13,23H2,1H3,(H,24,30,31). The molecule has 1 amide bonds. The molecule has 3 aromatic heterocycles. The smallest absolute Gasteiger partial charge is 0.330 e. The third kappa shape index (κ3) is 4.96. The molecule has 0 atom stereocenters. The van der Waals surface area contributed by atoms with Gasteiger partial charge in [0.15, 0.2) is 11.4 Å². The molecule has 0 bridgehead atoms. The highest BCUT2D eigenvalue weighted by atomic mass is 32.2. The van der Waals surface area contributed by atoms with Gasteiger partial charge in [0.1, 0.15) is 5.82 Å². The van der Waals surface area contributed by atoms with Crippen LogP contribution in [0, 0.1) is 0 Å². The number of nitrogens with two attached hydrogens (primary N) is 1. The SMILES string of the molecule is CCCN(C(=O)CSc1nnc(-c2ccco2)o1)c1c(N)n(Cc2ccccc2)c(=O)[nH]c1=O. The van der Waals surface area contributed by atoms with Crippen LogP contribution in [0.5, 0.6) is 0 Å². The number of benzene rings is 1. The van der Waals surface area contributed by atoms with E-state index >= 15 is 0 Å². The van der Waals surface area contributed by atoms with E-state index in [4.69, 9.17) is 14.6 Å². The lowest BCUT2D eigenvalue weighted by molar-refractivity contribution is -0.116. The van der Waals surface area contributed by atoms with Gasteiger partial charge in [0, 0.05) is 6.54 Å². The zero-order valence-electron chi connectivity index (χ0n) is 18.3. The number of nitrogens with one attached hydrogen (secondary N) is 1. The van der Waals surface area contributed by atoms with E-state index in [9.17, 15) is 14.4 Å². The van der Waals surface area contributed by atoms with Gasteiger partial charge in [0.25, 0.3) is 16.7 Å². The molecule has 176 valence electrons. The number of H-pyrrole nitrogens is 1. The molecule has 3 heterocycles. The Hall–Kier alpha value is -4.06. The van der Waals surface area contributed by atoms with Gasteiger partial charge in [0.05, 0.1) is 18.6 Å². The lowest BCUT2D eigenvalue weighted by Crippen LogP contribution is -2.42. The molecular formula is C22H22N6O5S. The van der Waals surface area contributed by atoms with Crippen LogP contribution in [0.1, 0.15) is 18.9 Å². The Morgan fingerprint density at radius 1 is 1.18 bits per heavy atom. The molecule has 3 N–H and O–H groups in total. The summed E-state index contributed by atoms with van der Waals surface area (Å²) in [5.41, 5.74) is 5.64. The molecule has 0 radical (unpaired) electrons. The molecule has 0 fully saturated rings. The number of aromatic nitrogens is 4. The van der Waals surface area contributed by atoms with E-state index in [-0.39, 0.29) is 41.5 Å². The summed E-state index contributed by atoms with van der Waals surface area (Å²) in [5, 5.41) is 7.98. The number of hydrogen-bond donors (Lipinski definition) is 2. The topological polar surface area (TPSA) is 153 Å². The van der Waals surface area contributed by atoms with Gasteiger partial charge < -0.3 is 19.5 Å². The predicted molar refractivity (Wildman–Crippen MR) is 127 cm³/mol. The third-order valence-corrected chi connectivity index (χ3v) is 5.68. The van der Waals surface area contributed by atoms with Crippen LogP contribution >= 0.6 is 11.8 Å². The minimum absolute atomic E-state index is 0.0650. The number of carbonyl (C=O) groups excluding carboxylic acids is 1. The molecule has 0 aliphatic heterocycles. The Labute approximate surface area is 197 Å². The summed E-state index contributed by atoms with van der Waals surface area (Å²) in [5.74, 6) is 0.0440. The van der Waals surface area contributed by atoms with Crippen molar-refractivity contribution in [1.29, 1.82) is 0 Å². The van der Waals surface area contributed by atoms with Gasteiger partial charge in [-0.25, -0.2) is 4.79 Å². The number of thioether (sulfide) groups is 1. The van der Waals surface area contributed by atoms with Crippen LogP contribution in [-0.2, 0) is 11.3 Å². The van der Waals surface area contributed by atoms with Gasteiger partial charge in [-0.1, -0.05) is 49.0 Å². The molecule has 34 heavy (non-hydrogen) atoms. The fraction of sp³-hybridized carbons (Fsp3) is 0.227. The van der Waals surface area contributed by atoms with E-state index in [0.717, 1.165) is 17.3 Å². The maximum atomic E-state index is 13.1. The number of amides is 1. The maximum absolute atomic E-state index is 13.1. The zero-order chi connectivity index (χ0) is 24.1. The van der Waals surface area contributed by atoms with Crippen LogP contribution in [-0.4, -0.2) is 38.0 Å². The van der Waals surface area contributed by atoms with E-state index in [1.807, 2.05) is 37.3 Å². The van der Waals surface area contributed by atoms with Crippen molar-refractivity contribution in [2.24, 2.45) is 0 Å². The number of aromatic amines is 1. The lowest BCUT2D eigenvalue weighted by Gasteiger charge is -2.23. The second kappa shape index (κ2) is 10.3. The number of hydrogen-bond acceptors (Lipinski definition) is 9. The fourth-order valence-electron chi connectivity index (χ4n) is 3.32.